The summed E-state index contributed by atoms with van der Waals surface area (Å²) in [4.78, 5) is 4.01. The highest BCUT2D eigenvalue weighted by molar-refractivity contribution is 5.95. The summed E-state index contributed by atoms with van der Waals surface area (Å²) in [7, 11) is 0. The summed E-state index contributed by atoms with van der Waals surface area (Å²) < 4.78 is 38.5. The molecular weight excluding hydrogens is 247 g/mol. The molecule has 0 amide bonds. The van der Waals surface area contributed by atoms with E-state index < -0.39 is 12.0 Å². The maximum atomic E-state index is 12.6. The molecule has 0 saturated heterocycles. The van der Waals surface area contributed by atoms with E-state index >= 15 is 0 Å². The fourth-order valence-electron chi connectivity index (χ4n) is 1.07. The molecule has 0 aliphatic rings. The van der Waals surface area contributed by atoms with E-state index in [9.17, 15) is 13.2 Å². The molecule has 1 heterocycles. The van der Waals surface area contributed by atoms with Crippen molar-refractivity contribution in [1.29, 1.82) is 0 Å². The molecule has 1 aromatic heterocycles. The number of tetrazole rings is 1. The second kappa shape index (κ2) is 5.56. The molecule has 0 aliphatic heterocycles. The van der Waals surface area contributed by atoms with Crippen LogP contribution in [0.3, 0.4) is 0 Å². The first-order valence-corrected chi connectivity index (χ1v) is 5.10. The monoisotopic (exact) mass is 259 g/mol. The molecule has 0 spiro atoms. The van der Waals surface area contributed by atoms with Crippen molar-refractivity contribution in [2.24, 2.45) is 4.99 Å². The Labute approximate surface area is 102 Å². The van der Waals surface area contributed by atoms with Gasteiger partial charge in [0.1, 0.15) is 0 Å². The molecular formula is C10H12F3N5. The van der Waals surface area contributed by atoms with Crippen LogP contribution >= 0.6 is 0 Å². The summed E-state index contributed by atoms with van der Waals surface area (Å²) in [6.07, 6.45) is -0.000980. The number of halogens is 3. The summed E-state index contributed by atoms with van der Waals surface area (Å²) in [5.74, 6) is -1.20. The lowest BCUT2D eigenvalue weighted by atomic mass is 10.4. The van der Waals surface area contributed by atoms with E-state index in [2.05, 4.69) is 20.5 Å². The van der Waals surface area contributed by atoms with E-state index in [1.54, 1.807) is 32.9 Å². The van der Waals surface area contributed by atoms with Crippen LogP contribution in [-0.2, 0) is 6.18 Å². The van der Waals surface area contributed by atoms with Gasteiger partial charge in [0.15, 0.2) is 5.84 Å². The molecule has 1 rings (SSSR count). The van der Waals surface area contributed by atoms with Crippen molar-refractivity contribution < 1.29 is 13.2 Å². The van der Waals surface area contributed by atoms with Crippen LogP contribution in [0.25, 0.3) is 0 Å². The lowest BCUT2D eigenvalue weighted by Gasteiger charge is -2.07. The Hall–Kier alpha value is -1.99. The fourth-order valence-corrected chi connectivity index (χ4v) is 1.07. The SMILES string of the molecule is C\C=C/C(=N\C(C)=C/C)n1nnnc1C(F)(F)F. The van der Waals surface area contributed by atoms with Gasteiger partial charge in [-0.15, -0.1) is 5.10 Å². The molecule has 98 valence electrons. The average molecular weight is 259 g/mol. The van der Waals surface area contributed by atoms with Gasteiger partial charge in [-0.25, -0.2) is 4.99 Å². The Morgan fingerprint density at radius 1 is 1.33 bits per heavy atom. The number of rotatable bonds is 2. The van der Waals surface area contributed by atoms with E-state index in [0.29, 0.717) is 10.4 Å². The Morgan fingerprint density at radius 3 is 2.50 bits per heavy atom. The smallest absolute Gasteiger partial charge is 0.234 e. The molecule has 0 N–H and O–H groups in total. The van der Waals surface area contributed by atoms with Gasteiger partial charge in [-0.2, -0.15) is 17.9 Å². The first-order valence-electron chi connectivity index (χ1n) is 5.10. The quantitative estimate of drug-likeness (QED) is 0.605. The van der Waals surface area contributed by atoms with Gasteiger partial charge in [-0.3, -0.25) is 0 Å². The Kier molecular flexibility index (Phi) is 4.35. The van der Waals surface area contributed by atoms with E-state index in [1.165, 1.54) is 6.08 Å². The van der Waals surface area contributed by atoms with Crippen molar-refractivity contribution in [3.8, 4) is 0 Å². The van der Waals surface area contributed by atoms with Crippen molar-refractivity contribution in [3.05, 3.63) is 29.7 Å². The third kappa shape index (κ3) is 3.25. The van der Waals surface area contributed by atoms with Crippen molar-refractivity contribution in [2.75, 3.05) is 0 Å². The number of aromatic nitrogens is 4. The number of alkyl halides is 3. The summed E-state index contributed by atoms with van der Waals surface area (Å²) in [6, 6.07) is 0. The molecule has 1 aromatic rings. The summed E-state index contributed by atoms with van der Waals surface area (Å²) in [5, 5.41) is 9.32. The van der Waals surface area contributed by atoms with Crippen LogP contribution in [0.4, 0.5) is 13.2 Å². The zero-order valence-electron chi connectivity index (χ0n) is 10.1. The summed E-state index contributed by atoms with van der Waals surface area (Å²) in [6.45, 7) is 5.07. The molecule has 0 aromatic carbocycles. The Morgan fingerprint density at radius 2 is 2.00 bits per heavy atom. The van der Waals surface area contributed by atoms with Gasteiger partial charge in [-0.1, -0.05) is 12.2 Å². The standard InChI is InChI=1S/C10H12F3N5/c1-4-6-8(14-7(3)5-2)18-9(10(11,12)13)15-16-17-18/h4-6H,1-3H3/b6-4-,7-5-,14-8+. The molecule has 5 nitrogen and oxygen atoms in total. The Bertz CT molecular complexity index is 496. The largest absolute Gasteiger partial charge is 0.453 e. The average Bonchev–Trinajstić information content (AvgIpc) is 2.76. The van der Waals surface area contributed by atoms with Gasteiger partial charge in [0, 0.05) is 5.70 Å². The molecule has 0 fully saturated rings. The van der Waals surface area contributed by atoms with Crippen LogP contribution in [0.1, 0.15) is 26.6 Å². The van der Waals surface area contributed by atoms with Gasteiger partial charge in [0.2, 0.25) is 0 Å². The van der Waals surface area contributed by atoms with Crippen LogP contribution in [0, 0.1) is 0 Å². The van der Waals surface area contributed by atoms with Crippen LogP contribution < -0.4 is 0 Å². The molecule has 0 radical (unpaired) electrons. The van der Waals surface area contributed by atoms with E-state index in [1.807, 2.05) is 0 Å². The van der Waals surface area contributed by atoms with Crippen LogP contribution in [0.2, 0.25) is 0 Å². The lowest BCUT2D eigenvalue weighted by molar-refractivity contribution is -0.146. The highest BCUT2D eigenvalue weighted by Crippen LogP contribution is 2.26. The second-order valence-electron chi connectivity index (χ2n) is 3.31. The number of hydrogen-bond acceptors (Lipinski definition) is 4. The molecule has 0 unspecified atom stereocenters. The highest BCUT2D eigenvalue weighted by atomic mass is 19.4. The minimum absolute atomic E-state index is 0.00502. The van der Waals surface area contributed by atoms with Gasteiger partial charge in [0.05, 0.1) is 0 Å². The fraction of sp³-hybridized carbons (Fsp3) is 0.400. The minimum Gasteiger partial charge on any atom is -0.234 e. The maximum Gasteiger partial charge on any atom is 0.453 e. The predicted molar refractivity (Wildman–Crippen MR) is 59.9 cm³/mol. The first kappa shape index (κ1) is 14.1. The van der Waals surface area contributed by atoms with Crippen molar-refractivity contribution in [3.63, 3.8) is 0 Å². The third-order valence-corrected chi connectivity index (χ3v) is 1.96. The number of aliphatic imine (C=N–C) groups is 1. The van der Waals surface area contributed by atoms with Crippen LogP contribution in [-0.4, -0.2) is 26.0 Å². The highest BCUT2D eigenvalue weighted by Gasteiger charge is 2.38. The van der Waals surface area contributed by atoms with E-state index in [0.717, 1.165) is 0 Å². The van der Waals surface area contributed by atoms with Crippen molar-refractivity contribution in [2.45, 2.75) is 26.9 Å². The number of allylic oxidation sites excluding steroid dienone is 4. The van der Waals surface area contributed by atoms with Crippen LogP contribution in [0.15, 0.2) is 28.9 Å². The van der Waals surface area contributed by atoms with Gasteiger partial charge < -0.3 is 0 Å². The molecule has 0 saturated carbocycles. The molecule has 0 atom stereocenters. The topological polar surface area (TPSA) is 56.0 Å². The minimum atomic E-state index is -4.63. The van der Waals surface area contributed by atoms with Gasteiger partial charge >= 0.3 is 6.18 Å². The zero-order chi connectivity index (χ0) is 13.8. The van der Waals surface area contributed by atoms with E-state index in [-0.39, 0.29) is 5.84 Å². The zero-order valence-corrected chi connectivity index (χ0v) is 10.1. The molecule has 0 bridgehead atoms. The van der Waals surface area contributed by atoms with Gasteiger partial charge in [0.25, 0.3) is 5.82 Å². The summed E-state index contributed by atoms with van der Waals surface area (Å²) in [5.41, 5.74) is 0.562. The lowest BCUT2D eigenvalue weighted by Crippen LogP contribution is -2.21. The molecule has 8 heteroatoms. The van der Waals surface area contributed by atoms with Gasteiger partial charge in [-0.05, 0) is 37.3 Å². The van der Waals surface area contributed by atoms with Crippen LogP contribution in [0.5, 0.6) is 0 Å². The summed E-state index contributed by atoms with van der Waals surface area (Å²) >= 11 is 0. The molecule has 0 aliphatic carbocycles. The maximum absolute atomic E-state index is 12.6. The van der Waals surface area contributed by atoms with Crippen molar-refractivity contribution >= 4 is 5.84 Å². The van der Waals surface area contributed by atoms with Crippen molar-refractivity contribution in [1.82, 2.24) is 20.2 Å². The molecule has 18 heavy (non-hydrogen) atoms. The number of hydrogen-bond donors (Lipinski definition) is 0. The third-order valence-electron chi connectivity index (χ3n) is 1.96. The van der Waals surface area contributed by atoms with E-state index in [4.69, 9.17) is 0 Å². The normalized spacial score (nSPS) is 14.6. The second-order valence-corrected chi connectivity index (χ2v) is 3.31. The Balaban J connectivity index is 3.33. The predicted octanol–water partition coefficient (Wildman–Crippen LogP) is 2.44. The first-order chi connectivity index (χ1) is 8.40. The number of nitrogens with zero attached hydrogens (tertiary/aromatic N) is 5.